The van der Waals surface area contributed by atoms with E-state index >= 15 is 0 Å². The normalized spacial score (nSPS) is 16.6. The number of rotatable bonds is 6. The van der Waals surface area contributed by atoms with Crippen LogP contribution in [0.5, 0.6) is 5.75 Å². The van der Waals surface area contributed by atoms with Crippen molar-refractivity contribution in [2.24, 2.45) is 0 Å². The summed E-state index contributed by atoms with van der Waals surface area (Å²) in [5, 5.41) is 7.89. The number of aryl methyl sites for hydroxylation is 1. The van der Waals surface area contributed by atoms with Gasteiger partial charge in [-0.25, -0.2) is 4.98 Å². The van der Waals surface area contributed by atoms with Gasteiger partial charge in [0.05, 0.1) is 25.2 Å². The molecule has 1 atom stereocenters. The van der Waals surface area contributed by atoms with Crippen molar-refractivity contribution in [1.29, 1.82) is 0 Å². The Hall–Kier alpha value is -2.87. The maximum absolute atomic E-state index is 5.23. The third-order valence-electron chi connectivity index (χ3n) is 4.71. The number of anilines is 4. The molecule has 3 heterocycles. The Morgan fingerprint density at radius 3 is 2.82 bits per heavy atom. The zero-order chi connectivity index (χ0) is 19.3. The van der Waals surface area contributed by atoms with Gasteiger partial charge in [-0.2, -0.15) is 4.37 Å². The second kappa shape index (κ2) is 8.43. The topological polar surface area (TPSA) is 75.2 Å². The first kappa shape index (κ1) is 18.5. The van der Waals surface area contributed by atoms with Gasteiger partial charge in [0.2, 0.25) is 0 Å². The lowest BCUT2D eigenvalue weighted by Gasteiger charge is -2.34. The number of hydrogen-bond donors (Lipinski definition) is 2. The Morgan fingerprint density at radius 1 is 1.21 bits per heavy atom. The van der Waals surface area contributed by atoms with Gasteiger partial charge in [-0.3, -0.25) is 4.98 Å². The van der Waals surface area contributed by atoms with E-state index < -0.39 is 0 Å². The lowest BCUT2D eigenvalue weighted by Crippen LogP contribution is -2.42. The first-order valence-electron chi connectivity index (χ1n) is 9.37. The van der Waals surface area contributed by atoms with Gasteiger partial charge < -0.3 is 20.3 Å². The molecule has 146 valence electrons. The Morgan fingerprint density at radius 2 is 2.07 bits per heavy atom. The largest absolute Gasteiger partial charge is 0.497 e. The van der Waals surface area contributed by atoms with Crippen molar-refractivity contribution in [2.75, 3.05) is 35.7 Å². The summed E-state index contributed by atoms with van der Waals surface area (Å²) in [6.07, 6.45) is 5.82. The highest BCUT2D eigenvalue weighted by atomic mass is 32.1. The van der Waals surface area contributed by atoms with E-state index in [4.69, 9.17) is 9.72 Å². The molecule has 0 spiro atoms. The number of hydrogen-bond acceptors (Lipinski definition) is 8. The van der Waals surface area contributed by atoms with E-state index in [-0.39, 0.29) is 0 Å². The Labute approximate surface area is 169 Å². The van der Waals surface area contributed by atoms with Crippen LogP contribution in [0.1, 0.15) is 18.5 Å². The van der Waals surface area contributed by atoms with Crippen molar-refractivity contribution in [3.63, 3.8) is 0 Å². The minimum atomic E-state index is 0.365. The summed E-state index contributed by atoms with van der Waals surface area (Å²) in [4.78, 5) is 11.4. The number of nitrogens with one attached hydrogen (secondary N) is 2. The molecule has 7 nitrogen and oxygen atoms in total. The van der Waals surface area contributed by atoms with Gasteiger partial charge in [0, 0.05) is 24.8 Å². The molecule has 0 bridgehead atoms. The van der Waals surface area contributed by atoms with E-state index in [1.807, 2.05) is 31.3 Å². The van der Waals surface area contributed by atoms with Gasteiger partial charge >= 0.3 is 0 Å². The van der Waals surface area contributed by atoms with E-state index in [0.29, 0.717) is 6.04 Å². The lowest BCUT2D eigenvalue weighted by molar-refractivity contribution is 0.415. The number of ether oxygens (including phenoxy) is 1. The second-order valence-corrected chi connectivity index (χ2v) is 7.68. The molecule has 1 aliphatic rings. The van der Waals surface area contributed by atoms with Crippen LogP contribution in [-0.4, -0.2) is 40.6 Å². The standard InChI is InChI=1S/C20H24N6OS/c1-14-10-20(28-25-14)24-18-11-21-12-19(23-18)26-9-3-4-16(13-26)22-15-5-7-17(27-2)8-6-15/h5-8,10-12,16,22H,3-4,9,13H2,1-2H3,(H,23,24)/t16-/m1/s1. The summed E-state index contributed by atoms with van der Waals surface area (Å²) in [5.74, 6) is 2.50. The van der Waals surface area contributed by atoms with E-state index in [1.54, 1.807) is 13.3 Å². The minimum absolute atomic E-state index is 0.365. The Bertz CT molecular complexity index is 913. The minimum Gasteiger partial charge on any atom is -0.497 e. The molecule has 3 aromatic rings. The summed E-state index contributed by atoms with van der Waals surface area (Å²) < 4.78 is 9.52. The molecule has 0 saturated carbocycles. The van der Waals surface area contributed by atoms with Gasteiger partial charge in [-0.15, -0.1) is 0 Å². The van der Waals surface area contributed by atoms with E-state index in [1.165, 1.54) is 11.5 Å². The van der Waals surface area contributed by atoms with Crippen molar-refractivity contribution < 1.29 is 4.74 Å². The molecular weight excluding hydrogens is 372 g/mol. The van der Waals surface area contributed by atoms with Crippen molar-refractivity contribution in [2.45, 2.75) is 25.8 Å². The Balaban J connectivity index is 1.41. The third-order valence-corrected chi connectivity index (χ3v) is 5.50. The maximum atomic E-state index is 5.23. The predicted molar refractivity (Wildman–Crippen MR) is 114 cm³/mol. The summed E-state index contributed by atoms with van der Waals surface area (Å²) >= 11 is 1.43. The molecule has 1 aromatic carbocycles. The lowest BCUT2D eigenvalue weighted by atomic mass is 10.1. The molecule has 1 aliphatic heterocycles. The van der Waals surface area contributed by atoms with Crippen molar-refractivity contribution in [3.8, 4) is 5.75 Å². The average Bonchev–Trinajstić information content (AvgIpc) is 3.13. The zero-order valence-corrected chi connectivity index (χ0v) is 16.9. The van der Waals surface area contributed by atoms with Crippen LogP contribution in [0.3, 0.4) is 0 Å². The van der Waals surface area contributed by atoms with E-state index in [9.17, 15) is 0 Å². The SMILES string of the molecule is COc1ccc(N[C@@H]2CCCN(c3cncc(Nc4cc(C)ns4)n3)C2)cc1. The fraction of sp³-hybridized carbons (Fsp3) is 0.350. The summed E-state index contributed by atoms with van der Waals surface area (Å²) in [6, 6.07) is 10.4. The van der Waals surface area contributed by atoms with Gasteiger partial charge in [-0.1, -0.05) is 0 Å². The van der Waals surface area contributed by atoms with Gasteiger partial charge in [0.15, 0.2) is 5.82 Å². The highest BCUT2D eigenvalue weighted by Gasteiger charge is 2.21. The molecule has 0 amide bonds. The van der Waals surface area contributed by atoms with E-state index in [2.05, 4.69) is 37.0 Å². The molecule has 8 heteroatoms. The van der Waals surface area contributed by atoms with Crippen LogP contribution in [0.15, 0.2) is 42.7 Å². The zero-order valence-electron chi connectivity index (χ0n) is 16.1. The van der Waals surface area contributed by atoms with Crippen LogP contribution >= 0.6 is 11.5 Å². The van der Waals surface area contributed by atoms with Crippen LogP contribution in [0.4, 0.5) is 22.3 Å². The van der Waals surface area contributed by atoms with Gasteiger partial charge in [0.25, 0.3) is 0 Å². The highest BCUT2D eigenvalue weighted by Crippen LogP contribution is 2.24. The first-order valence-corrected chi connectivity index (χ1v) is 10.1. The van der Waals surface area contributed by atoms with Crippen molar-refractivity contribution in [1.82, 2.24) is 14.3 Å². The second-order valence-electron chi connectivity index (χ2n) is 6.88. The number of aromatic nitrogens is 3. The van der Waals surface area contributed by atoms with Crippen molar-refractivity contribution >= 4 is 33.9 Å². The van der Waals surface area contributed by atoms with Crippen LogP contribution in [-0.2, 0) is 0 Å². The van der Waals surface area contributed by atoms with Crippen LogP contribution in [0.2, 0.25) is 0 Å². The van der Waals surface area contributed by atoms with Gasteiger partial charge in [-0.05, 0) is 61.6 Å². The molecule has 4 rings (SSSR count). The Kier molecular flexibility index (Phi) is 5.57. The summed E-state index contributed by atoms with van der Waals surface area (Å²) in [5.41, 5.74) is 2.11. The fourth-order valence-corrected chi connectivity index (χ4v) is 4.01. The van der Waals surface area contributed by atoms with E-state index in [0.717, 1.165) is 59.7 Å². The third kappa shape index (κ3) is 4.51. The quantitative estimate of drug-likeness (QED) is 0.650. The highest BCUT2D eigenvalue weighted by molar-refractivity contribution is 7.10. The molecule has 1 fully saturated rings. The molecular formula is C20H24N6OS. The smallest absolute Gasteiger partial charge is 0.152 e. The first-order chi connectivity index (χ1) is 13.7. The van der Waals surface area contributed by atoms with Crippen LogP contribution in [0, 0.1) is 6.92 Å². The van der Waals surface area contributed by atoms with Gasteiger partial charge in [0.1, 0.15) is 16.6 Å². The number of benzene rings is 1. The molecule has 2 aromatic heterocycles. The molecule has 0 radical (unpaired) electrons. The number of nitrogens with zero attached hydrogens (tertiary/aromatic N) is 4. The number of piperidine rings is 1. The number of methoxy groups -OCH3 is 1. The predicted octanol–water partition coefficient (Wildman–Crippen LogP) is 4.07. The fourth-order valence-electron chi connectivity index (χ4n) is 3.34. The maximum Gasteiger partial charge on any atom is 0.152 e. The molecule has 1 saturated heterocycles. The van der Waals surface area contributed by atoms with Crippen LogP contribution < -0.4 is 20.3 Å². The van der Waals surface area contributed by atoms with Crippen LogP contribution in [0.25, 0.3) is 0 Å². The molecule has 2 N–H and O–H groups in total. The monoisotopic (exact) mass is 396 g/mol. The average molecular weight is 397 g/mol. The molecule has 0 aliphatic carbocycles. The molecule has 28 heavy (non-hydrogen) atoms. The summed E-state index contributed by atoms with van der Waals surface area (Å²) in [7, 11) is 1.68. The molecule has 0 unspecified atom stereocenters. The van der Waals surface area contributed by atoms with Crippen molar-refractivity contribution in [3.05, 3.63) is 48.4 Å². The summed E-state index contributed by atoms with van der Waals surface area (Å²) in [6.45, 7) is 3.86.